The van der Waals surface area contributed by atoms with Crippen molar-refractivity contribution in [1.82, 2.24) is 4.98 Å². The Bertz CT molecular complexity index is 364. The first-order valence-electron chi connectivity index (χ1n) is 3.35. The van der Waals surface area contributed by atoms with E-state index < -0.39 is 23.3 Å². The van der Waals surface area contributed by atoms with Gasteiger partial charge in [-0.1, -0.05) is 15.9 Å². The SMILES string of the molecule is O=c1[nH]cc(C(F)F)c(O)c1CBr. The van der Waals surface area contributed by atoms with Crippen LogP contribution in [-0.2, 0) is 5.33 Å². The molecule has 0 saturated heterocycles. The van der Waals surface area contributed by atoms with Crippen molar-refractivity contribution >= 4 is 15.9 Å². The summed E-state index contributed by atoms with van der Waals surface area (Å²) >= 11 is 2.92. The van der Waals surface area contributed by atoms with E-state index in [0.717, 1.165) is 6.20 Å². The van der Waals surface area contributed by atoms with Gasteiger partial charge in [-0.25, -0.2) is 8.78 Å². The minimum atomic E-state index is -2.80. The summed E-state index contributed by atoms with van der Waals surface area (Å²) in [6.45, 7) is 0. The van der Waals surface area contributed by atoms with E-state index in [1.807, 2.05) is 0 Å². The highest BCUT2D eigenvalue weighted by molar-refractivity contribution is 9.08. The number of nitrogens with one attached hydrogen (secondary N) is 1. The molecule has 13 heavy (non-hydrogen) atoms. The average Bonchev–Trinajstić information content (AvgIpc) is 2.04. The fourth-order valence-corrected chi connectivity index (χ4v) is 1.39. The average molecular weight is 254 g/mol. The van der Waals surface area contributed by atoms with Gasteiger partial charge in [-0.05, 0) is 0 Å². The molecule has 1 aromatic rings. The van der Waals surface area contributed by atoms with Gasteiger partial charge in [0.05, 0.1) is 11.1 Å². The van der Waals surface area contributed by atoms with Gasteiger partial charge in [0.25, 0.3) is 12.0 Å². The van der Waals surface area contributed by atoms with E-state index >= 15 is 0 Å². The number of rotatable bonds is 2. The van der Waals surface area contributed by atoms with Crippen LogP contribution in [0.15, 0.2) is 11.0 Å². The van der Waals surface area contributed by atoms with Crippen LogP contribution in [0.2, 0.25) is 0 Å². The van der Waals surface area contributed by atoms with Crippen LogP contribution in [0.25, 0.3) is 0 Å². The molecule has 0 aromatic carbocycles. The molecule has 0 aliphatic rings. The number of hydrogen-bond donors (Lipinski definition) is 2. The van der Waals surface area contributed by atoms with Crippen molar-refractivity contribution in [3.63, 3.8) is 0 Å². The second-order valence-corrected chi connectivity index (χ2v) is 2.90. The molecule has 0 fully saturated rings. The first-order chi connectivity index (χ1) is 6.07. The van der Waals surface area contributed by atoms with E-state index in [1.165, 1.54) is 0 Å². The molecule has 0 saturated carbocycles. The van der Waals surface area contributed by atoms with Gasteiger partial charge >= 0.3 is 0 Å². The maximum Gasteiger partial charge on any atom is 0.268 e. The largest absolute Gasteiger partial charge is 0.507 e. The van der Waals surface area contributed by atoms with Gasteiger partial charge in [-0.3, -0.25) is 4.79 Å². The first kappa shape index (κ1) is 10.2. The first-order valence-corrected chi connectivity index (χ1v) is 4.47. The van der Waals surface area contributed by atoms with Gasteiger partial charge in [-0.2, -0.15) is 0 Å². The summed E-state index contributed by atoms with van der Waals surface area (Å²) in [6, 6.07) is 0. The van der Waals surface area contributed by atoms with E-state index in [1.54, 1.807) is 0 Å². The van der Waals surface area contributed by atoms with Gasteiger partial charge in [0.15, 0.2) is 0 Å². The second-order valence-electron chi connectivity index (χ2n) is 2.33. The Balaban J connectivity index is 3.36. The van der Waals surface area contributed by atoms with Crippen LogP contribution in [0.5, 0.6) is 5.75 Å². The highest BCUT2D eigenvalue weighted by Crippen LogP contribution is 2.29. The molecule has 3 nitrogen and oxygen atoms in total. The van der Waals surface area contributed by atoms with Crippen molar-refractivity contribution in [1.29, 1.82) is 0 Å². The maximum atomic E-state index is 12.2. The molecular formula is C7H6BrF2NO2. The molecule has 0 unspecified atom stereocenters. The Morgan fingerprint density at radius 2 is 2.23 bits per heavy atom. The van der Waals surface area contributed by atoms with Crippen LogP contribution in [0.1, 0.15) is 17.6 Å². The molecule has 2 N–H and O–H groups in total. The third-order valence-corrected chi connectivity index (χ3v) is 2.12. The number of aromatic nitrogens is 1. The van der Waals surface area contributed by atoms with Gasteiger partial charge < -0.3 is 10.1 Å². The van der Waals surface area contributed by atoms with Crippen LogP contribution < -0.4 is 5.56 Å². The van der Waals surface area contributed by atoms with E-state index in [0.29, 0.717) is 0 Å². The number of aromatic hydroxyl groups is 1. The van der Waals surface area contributed by atoms with Crippen molar-refractivity contribution in [2.45, 2.75) is 11.8 Å². The lowest BCUT2D eigenvalue weighted by molar-refractivity contribution is 0.146. The highest BCUT2D eigenvalue weighted by atomic mass is 79.9. The van der Waals surface area contributed by atoms with Crippen LogP contribution in [-0.4, -0.2) is 10.1 Å². The lowest BCUT2D eigenvalue weighted by atomic mass is 10.2. The molecular weight excluding hydrogens is 248 g/mol. The monoisotopic (exact) mass is 253 g/mol. The lowest BCUT2D eigenvalue weighted by Gasteiger charge is -2.05. The molecule has 0 aliphatic carbocycles. The van der Waals surface area contributed by atoms with Crippen LogP contribution >= 0.6 is 15.9 Å². The zero-order chi connectivity index (χ0) is 10.0. The standard InChI is InChI=1S/C7H6BrF2NO2/c8-1-3-5(12)4(6(9)10)2-11-7(3)13/h2,6H,1H2,(H2,11,12,13). The van der Waals surface area contributed by atoms with Crippen LogP contribution in [0, 0.1) is 0 Å². The van der Waals surface area contributed by atoms with Gasteiger partial charge in [0.1, 0.15) is 5.75 Å². The fraction of sp³-hybridized carbons (Fsp3) is 0.286. The summed E-state index contributed by atoms with van der Waals surface area (Å²) in [4.78, 5) is 13.1. The predicted octanol–water partition coefficient (Wildman–Crippen LogP) is 1.91. The van der Waals surface area contributed by atoms with Gasteiger partial charge in [0.2, 0.25) is 0 Å². The van der Waals surface area contributed by atoms with Crippen molar-refractivity contribution in [2.75, 3.05) is 0 Å². The molecule has 72 valence electrons. The summed E-state index contributed by atoms with van der Waals surface area (Å²) in [7, 11) is 0. The Morgan fingerprint density at radius 3 is 2.69 bits per heavy atom. The minimum Gasteiger partial charge on any atom is -0.507 e. The molecule has 1 rings (SSSR count). The Morgan fingerprint density at radius 1 is 1.62 bits per heavy atom. The van der Waals surface area contributed by atoms with E-state index in [9.17, 15) is 18.7 Å². The lowest BCUT2D eigenvalue weighted by Crippen LogP contribution is -2.12. The van der Waals surface area contributed by atoms with E-state index in [4.69, 9.17) is 0 Å². The van der Waals surface area contributed by atoms with E-state index in [2.05, 4.69) is 20.9 Å². The van der Waals surface area contributed by atoms with Gasteiger partial charge in [-0.15, -0.1) is 0 Å². The third-order valence-electron chi connectivity index (χ3n) is 1.56. The Labute approximate surface area is 80.5 Å². The molecule has 6 heteroatoms. The molecule has 1 aromatic heterocycles. The molecule has 0 radical (unpaired) electrons. The summed E-state index contributed by atoms with van der Waals surface area (Å²) in [5, 5.41) is 9.25. The smallest absolute Gasteiger partial charge is 0.268 e. The zero-order valence-corrected chi connectivity index (χ0v) is 7.94. The third kappa shape index (κ3) is 1.88. The normalized spacial score (nSPS) is 10.8. The fourth-order valence-electron chi connectivity index (χ4n) is 0.871. The zero-order valence-electron chi connectivity index (χ0n) is 6.35. The molecule has 0 atom stereocenters. The van der Waals surface area contributed by atoms with Gasteiger partial charge in [0, 0.05) is 11.5 Å². The maximum absolute atomic E-state index is 12.2. The quantitative estimate of drug-likeness (QED) is 0.792. The molecule has 0 spiro atoms. The number of hydrogen-bond acceptors (Lipinski definition) is 2. The van der Waals surface area contributed by atoms with Crippen molar-refractivity contribution in [3.8, 4) is 5.75 Å². The summed E-state index contributed by atoms with van der Waals surface area (Å²) in [5.74, 6) is -0.643. The number of aromatic amines is 1. The highest BCUT2D eigenvalue weighted by Gasteiger charge is 2.17. The molecule has 0 amide bonds. The molecule has 0 bridgehead atoms. The molecule has 1 heterocycles. The predicted molar refractivity (Wildman–Crippen MR) is 46.3 cm³/mol. The summed E-state index contributed by atoms with van der Waals surface area (Å²) in [6.07, 6.45) is -1.98. The van der Waals surface area contributed by atoms with Crippen LogP contribution in [0.4, 0.5) is 8.78 Å². The number of halogens is 3. The topological polar surface area (TPSA) is 53.1 Å². The number of alkyl halides is 3. The van der Waals surface area contributed by atoms with Crippen molar-refractivity contribution in [2.24, 2.45) is 0 Å². The summed E-state index contributed by atoms with van der Waals surface area (Å²) < 4.78 is 24.4. The number of H-pyrrole nitrogens is 1. The minimum absolute atomic E-state index is 0.0364. The van der Waals surface area contributed by atoms with Crippen LogP contribution in [0.3, 0.4) is 0 Å². The Hall–Kier alpha value is -0.910. The molecule has 0 aliphatic heterocycles. The van der Waals surface area contributed by atoms with E-state index in [-0.39, 0.29) is 10.9 Å². The summed E-state index contributed by atoms with van der Waals surface area (Å²) in [5.41, 5.74) is -1.22. The second kappa shape index (κ2) is 3.87. The number of pyridine rings is 1. The Kier molecular flexibility index (Phi) is 3.02. The van der Waals surface area contributed by atoms with Crippen molar-refractivity contribution in [3.05, 3.63) is 27.7 Å². The van der Waals surface area contributed by atoms with Crippen molar-refractivity contribution < 1.29 is 13.9 Å².